The maximum Gasteiger partial charge on any atom is 0.166 e. The molecule has 1 rings (SSSR count). The molecule has 0 unspecified atom stereocenters. The van der Waals surface area contributed by atoms with E-state index >= 15 is 0 Å². The van der Waals surface area contributed by atoms with E-state index in [1.165, 1.54) is 0 Å². The van der Waals surface area contributed by atoms with Crippen LogP contribution in [0.25, 0.3) is 0 Å². The van der Waals surface area contributed by atoms with E-state index in [1.807, 2.05) is 6.92 Å². The van der Waals surface area contributed by atoms with Crippen LogP contribution >= 0.6 is 0 Å². The molecule has 2 N–H and O–H groups in total. The van der Waals surface area contributed by atoms with Gasteiger partial charge in [0.1, 0.15) is 0 Å². The van der Waals surface area contributed by atoms with Crippen molar-refractivity contribution in [2.75, 3.05) is 6.54 Å². The Balaban J connectivity index is 2.55. The van der Waals surface area contributed by atoms with Crippen LogP contribution in [0.5, 0.6) is 0 Å². The molecule has 0 saturated carbocycles. The smallest absolute Gasteiger partial charge is 0.166 e. The molecule has 0 aliphatic heterocycles. The lowest BCUT2D eigenvalue weighted by atomic mass is 10.1. The first-order valence-corrected chi connectivity index (χ1v) is 4.53. The highest BCUT2D eigenvalue weighted by molar-refractivity contribution is 5.95. The van der Waals surface area contributed by atoms with Crippen molar-refractivity contribution in [3.05, 3.63) is 18.0 Å². The van der Waals surface area contributed by atoms with Gasteiger partial charge < -0.3 is 5.73 Å². The second kappa shape index (κ2) is 4.77. The van der Waals surface area contributed by atoms with Crippen molar-refractivity contribution in [1.29, 1.82) is 0 Å². The van der Waals surface area contributed by atoms with Crippen molar-refractivity contribution >= 4 is 5.78 Å². The molecule has 0 radical (unpaired) electrons. The molecular formula is C9H15N3O. The van der Waals surface area contributed by atoms with Crippen LogP contribution in [0.15, 0.2) is 12.4 Å². The Kier molecular flexibility index (Phi) is 3.64. The van der Waals surface area contributed by atoms with E-state index < -0.39 is 0 Å². The Labute approximate surface area is 77.7 Å². The summed E-state index contributed by atoms with van der Waals surface area (Å²) in [6.45, 7) is 3.35. The molecule has 1 aromatic heterocycles. The fourth-order valence-corrected chi connectivity index (χ4v) is 1.09. The van der Waals surface area contributed by atoms with Gasteiger partial charge in [-0.05, 0) is 19.9 Å². The average molecular weight is 181 g/mol. The molecule has 0 spiro atoms. The largest absolute Gasteiger partial charge is 0.330 e. The predicted molar refractivity (Wildman–Crippen MR) is 50.5 cm³/mol. The molecule has 4 heteroatoms. The number of Topliss-reactive ketones (excluding diaryl/α,β-unsaturated/α-hetero) is 1. The summed E-state index contributed by atoms with van der Waals surface area (Å²) >= 11 is 0. The number of aromatic nitrogens is 2. The summed E-state index contributed by atoms with van der Waals surface area (Å²) in [7, 11) is 0. The molecule has 1 aromatic rings. The van der Waals surface area contributed by atoms with Crippen LogP contribution in [-0.4, -0.2) is 22.1 Å². The van der Waals surface area contributed by atoms with Gasteiger partial charge in [0, 0.05) is 19.2 Å². The Hall–Kier alpha value is -1.16. The Bertz CT molecular complexity index is 280. The molecule has 13 heavy (non-hydrogen) atoms. The number of ketones is 1. The summed E-state index contributed by atoms with van der Waals surface area (Å²) in [5, 5.41) is 4.03. The molecule has 0 aromatic carbocycles. The first-order valence-electron chi connectivity index (χ1n) is 4.53. The molecule has 0 bridgehead atoms. The lowest BCUT2D eigenvalue weighted by molar-refractivity contribution is 0.0980. The van der Waals surface area contributed by atoms with Crippen LogP contribution in [-0.2, 0) is 6.54 Å². The SMILES string of the molecule is CCn1cc(C(=O)CCCN)cn1. The zero-order valence-electron chi connectivity index (χ0n) is 7.86. The first kappa shape index (κ1) is 9.92. The molecule has 4 nitrogen and oxygen atoms in total. The minimum atomic E-state index is 0.130. The van der Waals surface area contributed by atoms with Crippen LogP contribution in [0, 0.1) is 0 Å². The summed E-state index contributed by atoms with van der Waals surface area (Å²) < 4.78 is 1.75. The van der Waals surface area contributed by atoms with E-state index in [2.05, 4.69) is 5.10 Å². The number of aryl methyl sites for hydroxylation is 1. The minimum absolute atomic E-state index is 0.130. The van der Waals surface area contributed by atoms with E-state index in [9.17, 15) is 4.79 Å². The number of hydrogen-bond acceptors (Lipinski definition) is 3. The Morgan fingerprint density at radius 1 is 1.69 bits per heavy atom. The van der Waals surface area contributed by atoms with Crippen molar-refractivity contribution in [1.82, 2.24) is 9.78 Å². The van der Waals surface area contributed by atoms with Gasteiger partial charge in [-0.15, -0.1) is 0 Å². The minimum Gasteiger partial charge on any atom is -0.330 e. The van der Waals surface area contributed by atoms with E-state index in [4.69, 9.17) is 5.73 Å². The molecule has 72 valence electrons. The van der Waals surface area contributed by atoms with E-state index in [1.54, 1.807) is 17.1 Å². The van der Waals surface area contributed by atoms with Gasteiger partial charge in [-0.25, -0.2) is 0 Å². The summed E-state index contributed by atoms with van der Waals surface area (Å²) in [6, 6.07) is 0. The number of nitrogens with two attached hydrogens (primary N) is 1. The van der Waals surface area contributed by atoms with Crippen LogP contribution in [0.3, 0.4) is 0 Å². The van der Waals surface area contributed by atoms with Crippen molar-refractivity contribution in [3.8, 4) is 0 Å². The summed E-state index contributed by atoms with van der Waals surface area (Å²) in [5.41, 5.74) is 6.00. The summed E-state index contributed by atoms with van der Waals surface area (Å²) in [6.07, 6.45) is 4.66. The zero-order chi connectivity index (χ0) is 9.68. The lowest BCUT2D eigenvalue weighted by Gasteiger charge is -1.94. The van der Waals surface area contributed by atoms with Gasteiger partial charge in [-0.3, -0.25) is 9.48 Å². The highest BCUT2D eigenvalue weighted by Crippen LogP contribution is 2.03. The van der Waals surface area contributed by atoms with Crippen LogP contribution < -0.4 is 5.73 Å². The number of carbonyl (C=O) groups is 1. The van der Waals surface area contributed by atoms with Crippen LogP contribution in [0.4, 0.5) is 0 Å². The fourth-order valence-electron chi connectivity index (χ4n) is 1.09. The maximum atomic E-state index is 11.4. The molecule has 0 amide bonds. The van der Waals surface area contributed by atoms with Crippen molar-refractivity contribution < 1.29 is 4.79 Å². The van der Waals surface area contributed by atoms with E-state index in [0.717, 1.165) is 13.0 Å². The molecule has 0 aliphatic carbocycles. The lowest BCUT2D eigenvalue weighted by Crippen LogP contribution is -2.04. The molecule has 0 saturated heterocycles. The third kappa shape index (κ3) is 2.66. The van der Waals surface area contributed by atoms with Gasteiger partial charge in [0.25, 0.3) is 0 Å². The van der Waals surface area contributed by atoms with E-state index in [0.29, 0.717) is 18.5 Å². The number of carbonyl (C=O) groups excluding carboxylic acids is 1. The van der Waals surface area contributed by atoms with Crippen LogP contribution in [0.1, 0.15) is 30.1 Å². The zero-order valence-corrected chi connectivity index (χ0v) is 7.86. The summed E-state index contributed by atoms with van der Waals surface area (Å²) in [5.74, 6) is 0.130. The number of rotatable bonds is 5. The Morgan fingerprint density at radius 3 is 3.00 bits per heavy atom. The van der Waals surface area contributed by atoms with Crippen molar-refractivity contribution in [2.24, 2.45) is 5.73 Å². The van der Waals surface area contributed by atoms with Gasteiger partial charge in [-0.1, -0.05) is 0 Å². The van der Waals surface area contributed by atoms with Gasteiger partial charge in [0.2, 0.25) is 0 Å². The van der Waals surface area contributed by atoms with Gasteiger partial charge in [0.15, 0.2) is 5.78 Å². The second-order valence-electron chi connectivity index (χ2n) is 2.90. The predicted octanol–water partition coefficient (Wildman–Crippen LogP) is 0.825. The second-order valence-corrected chi connectivity index (χ2v) is 2.90. The number of hydrogen-bond donors (Lipinski definition) is 1. The molecule has 0 aliphatic rings. The molecular weight excluding hydrogens is 166 g/mol. The topological polar surface area (TPSA) is 60.9 Å². The Morgan fingerprint density at radius 2 is 2.46 bits per heavy atom. The standard InChI is InChI=1S/C9H15N3O/c1-2-12-7-8(6-11-12)9(13)4-3-5-10/h6-7H,2-5,10H2,1H3. The third-order valence-corrected chi connectivity index (χ3v) is 1.89. The normalized spacial score (nSPS) is 10.3. The molecule has 0 fully saturated rings. The highest BCUT2D eigenvalue weighted by atomic mass is 16.1. The third-order valence-electron chi connectivity index (χ3n) is 1.89. The summed E-state index contributed by atoms with van der Waals surface area (Å²) in [4.78, 5) is 11.4. The first-order chi connectivity index (χ1) is 6.27. The van der Waals surface area contributed by atoms with Gasteiger partial charge >= 0.3 is 0 Å². The fraction of sp³-hybridized carbons (Fsp3) is 0.556. The number of nitrogens with zero attached hydrogens (tertiary/aromatic N) is 2. The van der Waals surface area contributed by atoms with E-state index in [-0.39, 0.29) is 5.78 Å². The highest BCUT2D eigenvalue weighted by Gasteiger charge is 2.06. The monoisotopic (exact) mass is 181 g/mol. The van der Waals surface area contributed by atoms with Gasteiger partial charge in [0.05, 0.1) is 11.8 Å². The van der Waals surface area contributed by atoms with Gasteiger partial charge in [-0.2, -0.15) is 5.10 Å². The maximum absolute atomic E-state index is 11.4. The van der Waals surface area contributed by atoms with Crippen LogP contribution in [0.2, 0.25) is 0 Å². The van der Waals surface area contributed by atoms with Crippen molar-refractivity contribution in [3.63, 3.8) is 0 Å². The van der Waals surface area contributed by atoms with Crippen molar-refractivity contribution in [2.45, 2.75) is 26.3 Å². The quantitative estimate of drug-likeness (QED) is 0.684. The molecule has 0 atom stereocenters. The average Bonchev–Trinajstić information content (AvgIpc) is 2.62. The molecule has 1 heterocycles.